The first-order valence-electron chi connectivity index (χ1n) is 25.7. The zero-order valence-electron chi connectivity index (χ0n) is 40.2. The highest BCUT2D eigenvalue weighted by molar-refractivity contribution is 6.11. The zero-order chi connectivity index (χ0) is 47.6. The van der Waals surface area contributed by atoms with E-state index in [9.17, 15) is 0 Å². The van der Waals surface area contributed by atoms with Crippen LogP contribution in [-0.2, 0) is 5.41 Å². The largest absolute Gasteiger partial charge is 0.309 e. The Kier molecular flexibility index (Phi) is 10.1. The van der Waals surface area contributed by atoms with Crippen LogP contribution in [0.25, 0.3) is 113 Å². The fraction of sp³-hybridized carbons (Fsp3) is 0.0857. The Morgan fingerprint density at radius 2 is 0.667 bits per heavy atom. The predicted octanol–water partition coefficient (Wildman–Crippen LogP) is 18.8. The van der Waals surface area contributed by atoms with E-state index >= 15 is 0 Å². The van der Waals surface area contributed by atoms with E-state index in [0.29, 0.717) is 0 Å². The number of hydrogen-bond donors (Lipinski definition) is 0. The van der Waals surface area contributed by atoms with Gasteiger partial charge < -0.3 is 9.13 Å². The summed E-state index contributed by atoms with van der Waals surface area (Å²) in [6.07, 6.45) is 15.2. The van der Waals surface area contributed by atoms with E-state index in [4.69, 9.17) is 0 Å². The van der Waals surface area contributed by atoms with Gasteiger partial charge in [0.2, 0.25) is 0 Å². The van der Waals surface area contributed by atoms with Crippen molar-refractivity contribution in [2.45, 2.75) is 37.5 Å². The molecule has 0 saturated heterocycles. The van der Waals surface area contributed by atoms with Crippen LogP contribution < -0.4 is 0 Å². The number of para-hydroxylation sites is 4. The Morgan fingerprint density at radius 3 is 1.12 bits per heavy atom. The SMILES string of the molecule is C(=C\c1ccc2c(c1)c1ccccc1n2-c1ccccc1)/c1ccc(-c2ccc3c(c2)C2(CCCCC2)c2cc(-c4ccc(/C=C/c5ccc6c(c5)c5ccccc5n6-c5ccccc5)cc4)ccc2-3)cc1. The molecule has 72 heavy (non-hydrogen) atoms. The van der Waals surface area contributed by atoms with Crippen LogP contribution in [0.15, 0.2) is 231 Å². The Morgan fingerprint density at radius 1 is 0.292 bits per heavy atom. The average molecular weight is 921 g/mol. The van der Waals surface area contributed by atoms with Gasteiger partial charge in [0.05, 0.1) is 22.1 Å². The first kappa shape index (κ1) is 42.2. The summed E-state index contributed by atoms with van der Waals surface area (Å²) in [5.41, 5.74) is 23.1. The molecular formula is C70H52N2. The van der Waals surface area contributed by atoms with Crippen LogP contribution in [0.1, 0.15) is 65.5 Å². The van der Waals surface area contributed by atoms with Crippen molar-refractivity contribution in [3.05, 3.63) is 264 Å². The lowest BCUT2D eigenvalue weighted by Gasteiger charge is -2.36. The smallest absolute Gasteiger partial charge is 0.0541 e. The molecule has 0 radical (unpaired) electrons. The van der Waals surface area contributed by atoms with E-state index in [1.807, 2.05) is 0 Å². The highest BCUT2D eigenvalue weighted by Crippen LogP contribution is 2.57. The molecule has 0 atom stereocenters. The summed E-state index contributed by atoms with van der Waals surface area (Å²) >= 11 is 0. The molecule has 2 aliphatic rings. The normalized spacial score (nSPS) is 14.1. The van der Waals surface area contributed by atoms with E-state index in [1.165, 1.54) is 154 Å². The quantitative estimate of drug-likeness (QED) is 0.134. The molecule has 10 aromatic carbocycles. The van der Waals surface area contributed by atoms with E-state index in [-0.39, 0.29) is 5.41 Å². The molecule has 1 spiro atoms. The van der Waals surface area contributed by atoms with Crippen LogP contribution in [0.3, 0.4) is 0 Å². The number of benzene rings is 10. The number of aromatic nitrogens is 2. The van der Waals surface area contributed by atoms with Crippen molar-refractivity contribution in [2.24, 2.45) is 0 Å². The molecule has 1 saturated carbocycles. The van der Waals surface area contributed by atoms with Gasteiger partial charge in [0.15, 0.2) is 0 Å². The highest BCUT2D eigenvalue weighted by atomic mass is 15.0. The predicted molar refractivity (Wildman–Crippen MR) is 306 cm³/mol. The molecule has 2 heteroatoms. The van der Waals surface area contributed by atoms with Crippen LogP contribution in [-0.4, -0.2) is 9.13 Å². The number of nitrogens with zero attached hydrogens (tertiary/aromatic N) is 2. The van der Waals surface area contributed by atoms with Gasteiger partial charge in [-0.05, 0) is 152 Å². The molecular weight excluding hydrogens is 869 g/mol. The first-order valence-corrected chi connectivity index (χ1v) is 25.7. The lowest BCUT2D eigenvalue weighted by atomic mass is 9.67. The van der Waals surface area contributed by atoms with Crippen molar-refractivity contribution in [3.8, 4) is 44.8 Å². The van der Waals surface area contributed by atoms with Crippen molar-refractivity contribution in [1.29, 1.82) is 0 Å². The molecule has 2 aliphatic carbocycles. The summed E-state index contributed by atoms with van der Waals surface area (Å²) in [6, 6.07) is 85.3. The van der Waals surface area contributed by atoms with Gasteiger partial charge in [-0.2, -0.15) is 0 Å². The van der Waals surface area contributed by atoms with Gasteiger partial charge in [-0.25, -0.2) is 0 Å². The first-order chi connectivity index (χ1) is 35.6. The number of fused-ring (bicyclic) bond motifs is 11. The maximum atomic E-state index is 2.53. The van der Waals surface area contributed by atoms with Gasteiger partial charge >= 0.3 is 0 Å². The topological polar surface area (TPSA) is 9.86 Å². The summed E-state index contributed by atoms with van der Waals surface area (Å²) in [5.74, 6) is 0. The molecule has 2 aromatic heterocycles. The molecule has 0 amide bonds. The van der Waals surface area contributed by atoms with Gasteiger partial charge in [0.1, 0.15) is 0 Å². The van der Waals surface area contributed by atoms with Crippen LogP contribution in [0.2, 0.25) is 0 Å². The molecule has 0 N–H and O–H groups in total. The molecule has 0 bridgehead atoms. The standard InChI is InChI=1S/C70H52N2/c1-4-14-56(15-5-1)71-66-20-10-8-18-60(66)62-44-50(30-40-68(62)71)24-22-48-26-32-52(33-27-48)54-36-38-58-59-39-37-55(47-65(59)70(64(58)46-54)42-12-3-13-43-70)53-34-28-49(29-35-53)23-25-51-31-41-69-63(45-51)61-19-9-11-21-67(61)72(69)57-16-6-2-7-17-57/h1-2,4-11,14-41,44-47H,3,12-13,42-43H2/b24-22+,25-23+. The summed E-state index contributed by atoms with van der Waals surface area (Å²) in [5, 5.41) is 5.08. The van der Waals surface area contributed by atoms with Crippen LogP contribution >= 0.6 is 0 Å². The Bertz CT molecular complexity index is 3820. The lowest BCUT2D eigenvalue weighted by Crippen LogP contribution is -2.28. The summed E-state index contributed by atoms with van der Waals surface area (Å²) < 4.78 is 4.74. The van der Waals surface area contributed by atoms with E-state index in [0.717, 1.165) is 0 Å². The average Bonchev–Trinajstić information content (AvgIpc) is 4.05. The Hall–Kier alpha value is -8.72. The Labute approximate surface area is 421 Å². The zero-order valence-corrected chi connectivity index (χ0v) is 40.2. The maximum Gasteiger partial charge on any atom is 0.0541 e. The summed E-state index contributed by atoms with van der Waals surface area (Å²) in [6.45, 7) is 0. The molecule has 0 unspecified atom stereocenters. The van der Waals surface area contributed by atoms with E-state index in [2.05, 4.69) is 264 Å². The van der Waals surface area contributed by atoms with Crippen LogP contribution in [0.5, 0.6) is 0 Å². The minimum Gasteiger partial charge on any atom is -0.309 e. The fourth-order valence-corrected chi connectivity index (χ4v) is 12.4. The number of hydrogen-bond acceptors (Lipinski definition) is 0. The van der Waals surface area contributed by atoms with Crippen molar-refractivity contribution >= 4 is 67.9 Å². The molecule has 342 valence electrons. The van der Waals surface area contributed by atoms with Gasteiger partial charge in [-0.1, -0.05) is 201 Å². The third-order valence-corrected chi connectivity index (χ3v) is 15.9. The second kappa shape index (κ2) is 17.3. The van der Waals surface area contributed by atoms with Crippen molar-refractivity contribution < 1.29 is 0 Å². The maximum absolute atomic E-state index is 2.53. The third-order valence-electron chi connectivity index (χ3n) is 15.9. The molecule has 2 heterocycles. The second-order valence-electron chi connectivity index (χ2n) is 20.0. The third kappa shape index (κ3) is 7.09. The minimum absolute atomic E-state index is 0.0449. The van der Waals surface area contributed by atoms with Gasteiger partial charge in [0, 0.05) is 38.3 Å². The molecule has 12 aromatic rings. The molecule has 0 aliphatic heterocycles. The van der Waals surface area contributed by atoms with Crippen LogP contribution in [0.4, 0.5) is 0 Å². The molecule has 2 nitrogen and oxygen atoms in total. The monoisotopic (exact) mass is 920 g/mol. The summed E-state index contributed by atoms with van der Waals surface area (Å²) in [4.78, 5) is 0. The van der Waals surface area contributed by atoms with Crippen molar-refractivity contribution in [3.63, 3.8) is 0 Å². The fourth-order valence-electron chi connectivity index (χ4n) is 12.4. The van der Waals surface area contributed by atoms with Crippen molar-refractivity contribution in [1.82, 2.24) is 9.13 Å². The molecule has 1 fully saturated rings. The van der Waals surface area contributed by atoms with Gasteiger partial charge in [-0.15, -0.1) is 0 Å². The van der Waals surface area contributed by atoms with E-state index in [1.54, 1.807) is 0 Å². The van der Waals surface area contributed by atoms with Gasteiger partial charge in [0.25, 0.3) is 0 Å². The minimum atomic E-state index is 0.0449. The summed E-state index contributed by atoms with van der Waals surface area (Å²) in [7, 11) is 0. The molecule has 14 rings (SSSR count). The highest BCUT2D eigenvalue weighted by Gasteiger charge is 2.44. The second-order valence-corrected chi connectivity index (χ2v) is 20.0. The van der Waals surface area contributed by atoms with Gasteiger partial charge in [-0.3, -0.25) is 0 Å². The van der Waals surface area contributed by atoms with Crippen LogP contribution in [0, 0.1) is 0 Å². The van der Waals surface area contributed by atoms with Crippen molar-refractivity contribution in [2.75, 3.05) is 0 Å². The van der Waals surface area contributed by atoms with E-state index < -0.39 is 0 Å². The number of rotatable bonds is 8. The Balaban J connectivity index is 0.713. The lowest BCUT2D eigenvalue weighted by molar-refractivity contribution is 0.353.